The second-order valence-corrected chi connectivity index (χ2v) is 7.44. The number of para-hydroxylation sites is 2. The van der Waals surface area contributed by atoms with E-state index in [-0.39, 0.29) is 5.91 Å². The first-order valence-electron chi connectivity index (χ1n) is 8.91. The van der Waals surface area contributed by atoms with Gasteiger partial charge in [-0.05, 0) is 30.7 Å². The van der Waals surface area contributed by atoms with E-state index >= 15 is 0 Å². The van der Waals surface area contributed by atoms with Crippen LogP contribution in [0.25, 0.3) is 0 Å². The molecule has 0 aromatic heterocycles. The van der Waals surface area contributed by atoms with Crippen LogP contribution in [0.15, 0.2) is 72.1 Å². The summed E-state index contributed by atoms with van der Waals surface area (Å²) in [6.45, 7) is 5.99. The summed E-state index contributed by atoms with van der Waals surface area (Å²) in [7, 11) is 0. The van der Waals surface area contributed by atoms with Crippen LogP contribution in [0.1, 0.15) is 6.42 Å². The van der Waals surface area contributed by atoms with Crippen molar-refractivity contribution in [1.29, 1.82) is 0 Å². The Balaban J connectivity index is 1.49. The van der Waals surface area contributed by atoms with Crippen LogP contribution in [0, 0.1) is 0 Å². The lowest BCUT2D eigenvalue weighted by Crippen LogP contribution is -2.33. The van der Waals surface area contributed by atoms with Crippen LogP contribution in [0.4, 0.5) is 11.4 Å². The van der Waals surface area contributed by atoms with E-state index in [1.807, 2.05) is 48.5 Å². The van der Waals surface area contributed by atoms with Crippen LogP contribution in [0.5, 0.6) is 0 Å². The maximum absolute atomic E-state index is 12.5. The van der Waals surface area contributed by atoms with E-state index in [2.05, 4.69) is 34.2 Å². The molecule has 1 atom stereocenters. The summed E-state index contributed by atoms with van der Waals surface area (Å²) in [5.74, 6) is 0.864. The van der Waals surface area contributed by atoms with Crippen molar-refractivity contribution in [2.45, 2.75) is 17.4 Å². The van der Waals surface area contributed by atoms with Crippen molar-refractivity contribution >= 4 is 29.0 Å². The highest BCUT2D eigenvalue weighted by Crippen LogP contribution is 2.27. The third kappa shape index (κ3) is 5.38. The SMILES string of the molecule is C=CCSc1ccccc1NC(=O)CN1CCC(Nc2ccccc2)C1. The van der Waals surface area contributed by atoms with E-state index in [0.717, 1.165) is 41.5 Å². The lowest BCUT2D eigenvalue weighted by atomic mass is 10.2. The third-order valence-corrected chi connectivity index (χ3v) is 5.37. The standard InChI is InChI=1S/C21H25N3OS/c1-2-14-26-20-11-7-6-10-19(20)23-21(25)16-24-13-12-18(15-24)22-17-8-4-3-5-9-17/h2-11,18,22H,1,12-16H2,(H,23,25). The minimum atomic E-state index is 0.0389. The number of rotatable bonds is 8. The predicted molar refractivity (Wildman–Crippen MR) is 111 cm³/mol. The zero-order valence-electron chi connectivity index (χ0n) is 14.9. The molecule has 5 heteroatoms. The van der Waals surface area contributed by atoms with Gasteiger partial charge in [0.15, 0.2) is 0 Å². The van der Waals surface area contributed by atoms with E-state index in [1.54, 1.807) is 11.8 Å². The van der Waals surface area contributed by atoms with Crippen LogP contribution < -0.4 is 10.6 Å². The fourth-order valence-electron chi connectivity index (χ4n) is 3.10. The second-order valence-electron chi connectivity index (χ2n) is 6.38. The molecule has 4 nitrogen and oxygen atoms in total. The van der Waals surface area contributed by atoms with Gasteiger partial charge >= 0.3 is 0 Å². The molecule has 1 aliphatic rings. The van der Waals surface area contributed by atoms with Gasteiger partial charge in [-0.25, -0.2) is 0 Å². The summed E-state index contributed by atoms with van der Waals surface area (Å²) in [6, 6.07) is 18.5. The van der Waals surface area contributed by atoms with Crippen LogP contribution in [0.3, 0.4) is 0 Å². The average Bonchev–Trinajstić information content (AvgIpc) is 3.08. The summed E-state index contributed by atoms with van der Waals surface area (Å²) in [5.41, 5.74) is 2.01. The monoisotopic (exact) mass is 367 g/mol. The van der Waals surface area contributed by atoms with Gasteiger partial charge in [-0.3, -0.25) is 9.69 Å². The first-order chi connectivity index (χ1) is 12.7. The van der Waals surface area contributed by atoms with Gasteiger partial charge in [0.25, 0.3) is 0 Å². The molecule has 1 heterocycles. The van der Waals surface area contributed by atoms with E-state index < -0.39 is 0 Å². The molecule has 26 heavy (non-hydrogen) atoms. The molecule has 1 aliphatic heterocycles. The van der Waals surface area contributed by atoms with E-state index in [9.17, 15) is 4.79 Å². The zero-order chi connectivity index (χ0) is 18.2. The van der Waals surface area contributed by atoms with Crippen molar-refractivity contribution < 1.29 is 4.79 Å². The zero-order valence-corrected chi connectivity index (χ0v) is 15.7. The molecule has 0 radical (unpaired) electrons. The number of nitrogens with one attached hydrogen (secondary N) is 2. The van der Waals surface area contributed by atoms with Gasteiger partial charge < -0.3 is 10.6 Å². The Morgan fingerprint density at radius 1 is 1.19 bits per heavy atom. The molecule has 1 amide bonds. The number of likely N-dealkylation sites (tertiary alicyclic amines) is 1. The summed E-state index contributed by atoms with van der Waals surface area (Å²) in [4.78, 5) is 15.7. The number of thioether (sulfide) groups is 1. The number of benzene rings is 2. The maximum Gasteiger partial charge on any atom is 0.238 e. The average molecular weight is 368 g/mol. The van der Waals surface area contributed by atoms with Crippen molar-refractivity contribution in [2.24, 2.45) is 0 Å². The van der Waals surface area contributed by atoms with Crippen molar-refractivity contribution in [3.8, 4) is 0 Å². The van der Waals surface area contributed by atoms with Gasteiger partial charge in [0.2, 0.25) is 5.91 Å². The number of carbonyl (C=O) groups is 1. The normalized spacial score (nSPS) is 17.0. The number of carbonyl (C=O) groups excluding carboxylic acids is 1. The summed E-state index contributed by atoms with van der Waals surface area (Å²) < 4.78 is 0. The molecule has 0 bridgehead atoms. The Labute approximate surface area is 159 Å². The van der Waals surface area contributed by atoms with Crippen LogP contribution in [-0.4, -0.2) is 42.2 Å². The molecule has 2 aromatic carbocycles. The fraction of sp³-hybridized carbons (Fsp3) is 0.286. The number of anilines is 2. The Kier molecular flexibility index (Phi) is 6.75. The van der Waals surface area contributed by atoms with Gasteiger partial charge in [0.05, 0.1) is 12.2 Å². The van der Waals surface area contributed by atoms with Crippen LogP contribution in [0.2, 0.25) is 0 Å². The Bertz CT molecular complexity index is 735. The van der Waals surface area contributed by atoms with E-state index in [1.165, 1.54) is 0 Å². The minimum Gasteiger partial charge on any atom is -0.381 e. The lowest BCUT2D eigenvalue weighted by Gasteiger charge is -2.17. The molecular weight excluding hydrogens is 342 g/mol. The van der Waals surface area contributed by atoms with Gasteiger partial charge in [0, 0.05) is 35.5 Å². The smallest absolute Gasteiger partial charge is 0.238 e. The first-order valence-corrected chi connectivity index (χ1v) is 9.89. The minimum absolute atomic E-state index is 0.0389. The molecule has 2 N–H and O–H groups in total. The number of amides is 1. The molecule has 0 saturated carbocycles. The van der Waals surface area contributed by atoms with Crippen molar-refractivity contribution in [3.05, 3.63) is 67.3 Å². The van der Waals surface area contributed by atoms with Gasteiger partial charge in [-0.2, -0.15) is 0 Å². The highest BCUT2D eigenvalue weighted by molar-refractivity contribution is 7.99. The molecule has 0 aliphatic carbocycles. The Hall–Kier alpha value is -2.24. The Morgan fingerprint density at radius 3 is 2.77 bits per heavy atom. The molecule has 0 spiro atoms. The highest BCUT2D eigenvalue weighted by Gasteiger charge is 2.24. The van der Waals surface area contributed by atoms with E-state index in [4.69, 9.17) is 0 Å². The Morgan fingerprint density at radius 2 is 1.96 bits per heavy atom. The molecule has 1 fully saturated rings. The molecule has 1 unspecified atom stereocenters. The molecule has 3 rings (SSSR count). The summed E-state index contributed by atoms with van der Waals surface area (Å²) in [6.07, 6.45) is 2.92. The van der Waals surface area contributed by atoms with Crippen molar-refractivity contribution in [2.75, 3.05) is 36.0 Å². The number of hydrogen-bond acceptors (Lipinski definition) is 4. The molecule has 136 valence electrons. The van der Waals surface area contributed by atoms with E-state index in [0.29, 0.717) is 12.6 Å². The van der Waals surface area contributed by atoms with Crippen LogP contribution in [-0.2, 0) is 4.79 Å². The second kappa shape index (κ2) is 9.46. The summed E-state index contributed by atoms with van der Waals surface area (Å²) in [5, 5.41) is 6.59. The molecule has 2 aromatic rings. The van der Waals surface area contributed by atoms with Crippen molar-refractivity contribution in [1.82, 2.24) is 4.90 Å². The topological polar surface area (TPSA) is 44.4 Å². The number of nitrogens with zero attached hydrogens (tertiary/aromatic N) is 1. The highest BCUT2D eigenvalue weighted by atomic mass is 32.2. The molecule has 1 saturated heterocycles. The van der Waals surface area contributed by atoms with Gasteiger partial charge in [-0.1, -0.05) is 36.4 Å². The third-order valence-electron chi connectivity index (χ3n) is 4.30. The first kappa shape index (κ1) is 18.5. The maximum atomic E-state index is 12.5. The lowest BCUT2D eigenvalue weighted by molar-refractivity contribution is -0.117. The fourth-order valence-corrected chi connectivity index (χ4v) is 3.85. The largest absolute Gasteiger partial charge is 0.381 e. The molecular formula is C21H25N3OS. The predicted octanol–water partition coefficient (Wildman–Crippen LogP) is 4.09. The van der Waals surface area contributed by atoms with Crippen molar-refractivity contribution in [3.63, 3.8) is 0 Å². The van der Waals surface area contributed by atoms with Gasteiger partial charge in [-0.15, -0.1) is 18.3 Å². The number of hydrogen-bond donors (Lipinski definition) is 2. The van der Waals surface area contributed by atoms with Gasteiger partial charge in [0.1, 0.15) is 0 Å². The quantitative estimate of drug-likeness (QED) is 0.545. The van der Waals surface area contributed by atoms with Crippen LogP contribution >= 0.6 is 11.8 Å². The summed E-state index contributed by atoms with van der Waals surface area (Å²) >= 11 is 1.68.